The molecule has 0 radical (unpaired) electrons. The highest BCUT2D eigenvalue weighted by Gasteiger charge is 2.25. The molecule has 0 saturated carbocycles. The second kappa shape index (κ2) is 10.9. The molecular formula is C27H32N4O2. The molecule has 1 saturated heterocycles. The molecule has 2 aromatic carbocycles. The van der Waals surface area contributed by atoms with Gasteiger partial charge in [0.25, 0.3) is 0 Å². The number of hydrogen-bond donors (Lipinski definition) is 1. The van der Waals surface area contributed by atoms with Gasteiger partial charge in [0.05, 0.1) is 6.61 Å². The van der Waals surface area contributed by atoms with E-state index in [-0.39, 0.29) is 11.8 Å². The predicted octanol–water partition coefficient (Wildman–Crippen LogP) is 4.77. The molecule has 0 aliphatic carbocycles. The Morgan fingerprint density at radius 3 is 2.48 bits per heavy atom. The Labute approximate surface area is 196 Å². The third kappa shape index (κ3) is 6.09. The average Bonchev–Trinajstić information content (AvgIpc) is 2.87. The van der Waals surface area contributed by atoms with E-state index >= 15 is 0 Å². The highest BCUT2D eigenvalue weighted by Crippen LogP contribution is 2.24. The molecule has 1 aliphatic rings. The quantitative estimate of drug-likeness (QED) is 0.542. The summed E-state index contributed by atoms with van der Waals surface area (Å²) in [4.78, 5) is 24.2. The van der Waals surface area contributed by atoms with E-state index in [4.69, 9.17) is 9.72 Å². The van der Waals surface area contributed by atoms with Crippen LogP contribution in [0.2, 0.25) is 0 Å². The summed E-state index contributed by atoms with van der Waals surface area (Å²) in [6.45, 7) is 7.04. The number of nitrogens with zero attached hydrogens (tertiary/aromatic N) is 3. The monoisotopic (exact) mass is 444 g/mol. The number of hydrogen-bond acceptors (Lipinski definition) is 5. The summed E-state index contributed by atoms with van der Waals surface area (Å²) in [5.74, 6) is 2.69. The maximum absolute atomic E-state index is 12.7. The van der Waals surface area contributed by atoms with Gasteiger partial charge in [-0.1, -0.05) is 48.9 Å². The minimum absolute atomic E-state index is 0.0341. The Bertz CT molecular complexity index is 1040. The molecule has 1 N–H and O–H groups in total. The van der Waals surface area contributed by atoms with Gasteiger partial charge in [-0.3, -0.25) is 4.79 Å². The first kappa shape index (κ1) is 22.8. The lowest BCUT2D eigenvalue weighted by molar-refractivity contribution is -0.125. The van der Waals surface area contributed by atoms with Crippen molar-refractivity contribution >= 4 is 11.7 Å². The van der Waals surface area contributed by atoms with Crippen molar-refractivity contribution in [1.29, 1.82) is 0 Å². The van der Waals surface area contributed by atoms with Gasteiger partial charge in [-0.15, -0.1) is 0 Å². The van der Waals surface area contributed by atoms with Crippen molar-refractivity contribution in [2.75, 3.05) is 24.6 Å². The number of carbonyl (C=O) groups is 1. The molecule has 6 heteroatoms. The number of benzene rings is 2. The molecule has 1 amide bonds. The normalized spacial score (nSPS) is 14.2. The number of anilines is 1. The fraction of sp³-hybridized carbons (Fsp3) is 0.370. The van der Waals surface area contributed by atoms with E-state index in [9.17, 15) is 4.79 Å². The molecule has 0 atom stereocenters. The van der Waals surface area contributed by atoms with Gasteiger partial charge in [-0.2, -0.15) is 0 Å². The summed E-state index contributed by atoms with van der Waals surface area (Å²) in [7, 11) is 0. The Morgan fingerprint density at radius 2 is 1.79 bits per heavy atom. The molecular weight excluding hydrogens is 412 g/mol. The first-order valence-corrected chi connectivity index (χ1v) is 11.8. The van der Waals surface area contributed by atoms with Crippen LogP contribution in [-0.2, 0) is 11.3 Å². The number of carbonyl (C=O) groups excluding carboxylic acids is 1. The molecule has 4 rings (SSSR count). The summed E-state index contributed by atoms with van der Waals surface area (Å²) in [5.41, 5.74) is 3.31. The predicted molar refractivity (Wildman–Crippen MR) is 131 cm³/mol. The number of aryl methyl sites for hydroxylation is 1. The standard InChI is InChI=1S/C27H32N4O2/c1-3-18-33-24-10-6-21(7-11-24)19-29-27(32)23-13-16-31(17-14-23)25-12-15-28-26(30-25)22-8-4-20(2)5-9-22/h4-12,15,23H,3,13-14,16-19H2,1-2H3,(H,29,32). The van der Waals surface area contributed by atoms with E-state index in [1.54, 1.807) is 0 Å². The van der Waals surface area contributed by atoms with E-state index in [1.165, 1.54) is 5.56 Å². The van der Waals surface area contributed by atoms with Crippen molar-refractivity contribution in [2.45, 2.75) is 39.7 Å². The van der Waals surface area contributed by atoms with E-state index in [1.807, 2.05) is 36.5 Å². The molecule has 0 unspecified atom stereocenters. The van der Waals surface area contributed by atoms with Crippen LogP contribution >= 0.6 is 0 Å². The first-order valence-electron chi connectivity index (χ1n) is 11.8. The summed E-state index contributed by atoms with van der Waals surface area (Å²) < 4.78 is 5.61. The van der Waals surface area contributed by atoms with E-state index < -0.39 is 0 Å². The van der Waals surface area contributed by atoms with Crippen molar-refractivity contribution < 1.29 is 9.53 Å². The molecule has 2 heterocycles. The Balaban J connectivity index is 1.27. The molecule has 6 nitrogen and oxygen atoms in total. The SMILES string of the molecule is CCCOc1ccc(CNC(=O)C2CCN(c3ccnc(-c4ccc(C)cc4)n3)CC2)cc1. The highest BCUT2D eigenvalue weighted by molar-refractivity contribution is 5.79. The van der Waals surface area contributed by atoms with Gasteiger partial charge in [0.1, 0.15) is 11.6 Å². The summed E-state index contributed by atoms with van der Waals surface area (Å²) in [6.07, 6.45) is 4.44. The number of piperidine rings is 1. The second-order valence-electron chi connectivity index (χ2n) is 8.58. The van der Waals surface area contributed by atoms with Gasteiger partial charge in [-0.05, 0) is 49.9 Å². The van der Waals surface area contributed by atoms with Crippen molar-refractivity contribution in [3.63, 3.8) is 0 Å². The lowest BCUT2D eigenvalue weighted by Crippen LogP contribution is -2.40. The molecule has 1 fully saturated rings. The molecule has 0 spiro atoms. The van der Waals surface area contributed by atoms with Crippen LogP contribution in [0, 0.1) is 12.8 Å². The van der Waals surface area contributed by atoms with Crippen molar-refractivity contribution in [3.05, 3.63) is 71.9 Å². The van der Waals surface area contributed by atoms with Gasteiger partial charge in [0.15, 0.2) is 5.82 Å². The zero-order valence-electron chi connectivity index (χ0n) is 19.5. The largest absolute Gasteiger partial charge is 0.494 e. The Kier molecular flexibility index (Phi) is 7.55. The van der Waals surface area contributed by atoms with Crippen LogP contribution in [0.1, 0.15) is 37.3 Å². The van der Waals surface area contributed by atoms with Crippen LogP contribution in [0.15, 0.2) is 60.8 Å². The van der Waals surface area contributed by atoms with Gasteiger partial charge < -0.3 is 15.0 Å². The molecule has 1 aromatic heterocycles. The minimum Gasteiger partial charge on any atom is -0.494 e. The number of amides is 1. The molecule has 33 heavy (non-hydrogen) atoms. The second-order valence-corrected chi connectivity index (χ2v) is 8.58. The minimum atomic E-state index is 0.0341. The fourth-order valence-electron chi connectivity index (χ4n) is 3.99. The van der Waals surface area contributed by atoms with Gasteiger partial charge in [0.2, 0.25) is 5.91 Å². The lowest BCUT2D eigenvalue weighted by atomic mass is 9.96. The third-order valence-corrected chi connectivity index (χ3v) is 6.00. The van der Waals surface area contributed by atoms with E-state index in [0.29, 0.717) is 6.54 Å². The van der Waals surface area contributed by atoms with Gasteiger partial charge in [0, 0.05) is 37.3 Å². The zero-order valence-corrected chi connectivity index (χ0v) is 19.5. The molecule has 3 aromatic rings. The lowest BCUT2D eigenvalue weighted by Gasteiger charge is -2.32. The summed E-state index contributed by atoms with van der Waals surface area (Å²) >= 11 is 0. The number of aromatic nitrogens is 2. The smallest absolute Gasteiger partial charge is 0.223 e. The van der Waals surface area contributed by atoms with Crippen molar-refractivity contribution in [1.82, 2.24) is 15.3 Å². The van der Waals surface area contributed by atoms with E-state index in [2.05, 4.69) is 53.3 Å². The fourth-order valence-corrected chi connectivity index (χ4v) is 3.99. The van der Waals surface area contributed by atoms with Crippen LogP contribution in [0.5, 0.6) is 5.75 Å². The maximum atomic E-state index is 12.7. The number of ether oxygens (including phenoxy) is 1. The van der Waals surface area contributed by atoms with Crippen LogP contribution in [-0.4, -0.2) is 35.6 Å². The summed E-state index contributed by atoms with van der Waals surface area (Å²) in [6, 6.07) is 18.1. The molecule has 172 valence electrons. The van der Waals surface area contributed by atoms with Gasteiger partial charge in [-0.25, -0.2) is 9.97 Å². The van der Waals surface area contributed by atoms with Crippen LogP contribution in [0.3, 0.4) is 0 Å². The number of nitrogens with one attached hydrogen (secondary N) is 1. The topological polar surface area (TPSA) is 67.3 Å². The maximum Gasteiger partial charge on any atom is 0.223 e. The first-order chi connectivity index (χ1) is 16.1. The Hall–Kier alpha value is -3.41. The third-order valence-electron chi connectivity index (χ3n) is 6.00. The summed E-state index contributed by atoms with van der Waals surface area (Å²) in [5, 5.41) is 3.10. The Morgan fingerprint density at radius 1 is 1.06 bits per heavy atom. The number of rotatable bonds is 8. The van der Waals surface area contributed by atoms with Crippen molar-refractivity contribution in [2.24, 2.45) is 5.92 Å². The van der Waals surface area contributed by atoms with Gasteiger partial charge >= 0.3 is 0 Å². The highest BCUT2D eigenvalue weighted by atomic mass is 16.5. The molecule has 1 aliphatic heterocycles. The zero-order chi connectivity index (χ0) is 23.0. The molecule has 0 bridgehead atoms. The average molecular weight is 445 g/mol. The van der Waals surface area contributed by atoms with Crippen LogP contribution in [0.4, 0.5) is 5.82 Å². The van der Waals surface area contributed by atoms with Crippen molar-refractivity contribution in [3.8, 4) is 17.1 Å². The van der Waals surface area contributed by atoms with E-state index in [0.717, 1.165) is 67.5 Å². The van der Waals surface area contributed by atoms with Crippen LogP contribution < -0.4 is 15.0 Å². The van der Waals surface area contributed by atoms with Crippen LogP contribution in [0.25, 0.3) is 11.4 Å².